The number of likely N-dealkylation sites (tertiary alicyclic amines) is 1. The third-order valence-electron chi connectivity index (χ3n) is 7.84. The molecule has 284 valence electrons. The maximum atomic E-state index is 14.0. The Labute approximate surface area is 294 Å². The molecule has 6 atom stereocenters. The van der Waals surface area contributed by atoms with Crippen LogP contribution in [0.3, 0.4) is 0 Å². The number of hydrogen-bond donors (Lipinski definition) is 9. The topological polar surface area (TPSA) is 310 Å². The monoisotopic (exact) mass is 741 g/mol. The van der Waals surface area contributed by atoms with Gasteiger partial charge in [-0.1, -0.05) is 26.0 Å². The van der Waals surface area contributed by atoms with Gasteiger partial charge in [0, 0.05) is 26.3 Å². The maximum Gasteiger partial charge on any atom is 0.524 e. The van der Waals surface area contributed by atoms with Crippen LogP contribution < -0.4 is 37.3 Å². The van der Waals surface area contributed by atoms with Crippen molar-refractivity contribution >= 4 is 49.2 Å². The fourth-order valence-corrected chi connectivity index (χ4v) is 5.89. The molecule has 11 N–H and O–H groups in total. The molecule has 1 aliphatic heterocycles. The Kier molecular flexibility index (Phi) is 16.0. The van der Waals surface area contributed by atoms with Gasteiger partial charge in [0.15, 0.2) is 0 Å². The number of phosphoric ester groups is 1. The van der Waals surface area contributed by atoms with E-state index in [-0.39, 0.29) is 50.3 Å². The van der Waals surface area contributed by atoms with Gasteiger partial charge in [-0.2, -0.15) is 0 Å². The molecule has 0 bridgehead atoms. The van der Waals surface area contributed by atoms with Gasteiger partial charge in [0.05, 0.1) is 6.10 Å². The van der Waals surface area contributed by atoms with Crippen molar-refractivity contribution in [2.45, 2.75) is 103 Å². The maximum absolute atomic E-state index is 14.0. The average molecular weight is 742 g/mol. The second kappa shape index (κ2) is 19.1. The predicted octanol–water partition coefficient (Wildman–Crippen LogP) is -2.17. The number of phosphoric acid groups is 1. The van der Waals surface area contributed by atoms with E-state index in [0.29, 0.717) is 12.0 Å². The molecular formula is C31H48N7O12P. The molecule has 1 aliphatic rings. The van der Waals surface area contributed by atoms with Crippen LogP contribution in [0, 0.1) is 5.92 Å². The Hall–Kier alpha value is -4.58. The van der Waals surface area contributed by atoms with Crippen molar-refractivity contribution in [1.29, 1.82) is 0 Å². The first-order valence-electron chi connectivity index (χ1n) is 16.3. The van der Waals surface area contributed by atoms with Gasteiger partial charge in [0.25, 0.3) is 0 Å². The van der Waals surface area contributed by atoms with Gasteiger partial charge in [-0.3, -0.25) is 43.3 Å². The summed E-state index contributed by atoms with van der Waals surface area (Å²) in [6, 6.07) is -0.763. The van der Waals surface area contributed by atoms with Crippen molar-refractivity contribution < 1.29 is 57.5 Å². The van der Waals surface area contributed by atoms with Crippen LogP contribution in [-0.2, 0) is 44.5 Å². The second-order valence-electron chi connectivity index (χ2n) is 12.8. The number of aliphatic hydroxyl groups is 1. The summed E-state index contributed by atoms with van der Waals surface area (Å²) < 4.78 is 15.7. The summed E-state index contributed by atoms with van der Waals surface area (Å²) in [5, 5.41) is 19.9. The quantitative estimate of drug-likeness (QED) is 0.0685. The zero-order valence-electron chi connectivity index (χ0n) is 28.9. The van der Waals surface area contributed by atoms with Gasteiger partial charge >= 0.3 is 7.82 Å². The van der Waals surface area contributed by atoms with Crippen LogP contribution >= 0.6 is 7.82 Å². The number of aliphatic hydroxyl groups excluding tert-OH is 1. The van der Waals surface area contributed by atoms with Gasteiger partial charge in [-0.05, 0) is 56.2 Å². The van der Waals surface area contributed by atoms with E-state index in [2.05, 4.69) is 25.8 Å². The number of nitrogens with zero attached hydrogens (tertiary/aromatic N) is 1. The Morgan fingerprint density at radius 3 is 2.04 bits per heavy atom. The lowest BCUT2D eigenvalue weighted by molar-refractivity contribution is -0.143. The molecule has 1 heterocycles. The van der Waals surface area contributed by atoms with Crippen molar-refractivity contribution in [3.63, 3.8) is 0 Å². The molecule has 1 aromatic rings. The largest absolute Gasteiger partial charge is 0.524 e. The molecule has 7 amide bonds. The number of carbonyl (C=O) groups is 7. The minimum absolute atomic E-state index is 0.0562. The first kappa shape index (κ1) is 42.6. The molecular weight excluding hydrogens is 693 g/mol. The van der Waals surface area contributed by atoms with E-state index >= 15 is 0 Å². The van der Waals surface area contributed by atoms with E-state index in [1.165, 1.54) is 43.0 Å². The van der Waals surface area contributed by atoms with Gasteiger partial charge in [0.1, 0.15) is 36.0 Å². The van der Waals surface area contributed by atoms with Crippen LogP contribution in [0.25, 0.3) is 0 Å². The number of hydrogen-bond acceptors (Lipinski definition) is 10. The molecule has 1 aromatic carbocycles. The summed E-state index contributed by atoms with van der Waals surface area (Å²) in [7, 11) is -4.79. The van der Waals surface area contributed by atoms with Gasteiger partial charge in [-0.15, -0.1) is 0 Å². The fraction of sp³-hybridized carbons (Fsp3) is 0.581. The Bertz CT molecular complexity index is 1480. The zero-order valence-corrected chi connectivity index (χ0v) is 29.8. The van der Waals surface area contributed by atoms with Crippen LogP contribution in [0.4, 0.5) is 0 Å². The van der Waals surface area contributed by atoms with Crippen molar-refractivity contribution in [3.05, 3.63) is 29.8 Å². The predicted molar refractivity (Wildman–Crippen MR) is 180 cm³/mol. The van der Waals surface area contributed by atoms with E-state index in [4.69, 9.17) is 21.3 Å². The first-order valence-corrected chi connectivity index (χ1v) is 17.8. The Balaban J connectivity index is 2.26. The van der Waals surface area contributed by atoms with E-state index in [0.717, 1.165) is 0 Å². The number of nitrogens with two attached hydrogens (primary N) is 2. The number of carbonyl (C=O) groups excluding carboxylic acids is 7. The molecule has 20 heteroatoms. The highest BCUT2D eigenvalue weighted by atomic mass is 31.2. The fourth-order valence-electron chi connectivity index (χ4n) is 5.49. The van der Waals surface area contributed by atoms with Crippen molar-refractivity contribution in [2.24, 2.45) is 17.4 Å². The Morgan fingerprint density at radius 2 is 1.53 bits per heavy atom. The van der Waals surface area contributed by atoms with E-state index in [1.807, 2.05) is 13.8 Å². The van der Waals surface area contributed by atoms with Gasteiger partial charge < -0.3 is 47.3 Å². The smallest absolute Gasteiger partial charge is 0.404 e. The zero-order chi connectivity index (χ0) is 38.6. The van der Waals surface area contributed by atoms with E-state index in [1.54, 1.807) is 0 Å². The summed E-state index contributed by atoms with van der Waals surface area (Å²) in [5.74, 6) is -5.50. The van der Waals surface area contributed by atoms with Crippen LogP contribution in [-0.4, -0.2) is 104 Å². The van der Waals surface area contributed by atoms with Crippen molar-refractivity contribution in [2.75, 3.05) is 6.54 Å². The molecule has 1 fully saturated rings. The molecule has 0 aromatic heterocycles. The molecule has 19 nitrogen and oxygen atoms in total. The van der Waals surface area contributed by atoms with Gasteiger partial charge in [-0.25, -0.2) is 4.57 Å². The molecule has 0 unspecified atom stereocenters. The highest BCUT2D eigenvalue weighted by Crippen LogP contribution is 2.37. The van der Waals surface area contributed by atoms with E-state index in [9.17, 15) is 43.2 Å². The number of amides is 7. The normalized spacial score (nSPS) is 17.3. The molecule has 1 saturated heterocycles. The first-order chi connectivity index (χ1) is 23.7. The third-order valence-corrected chi connectivity index (χ3v) is 8.29. The molecule has 0 aliphatic carbocycles. The summed E-state index contributed by atoms with van der Waals surface area (Å²) in [6.07, 6.45) is -1.21. The summed E-state index contributed by atoms with van der Waals surface area (Å²) in [6.45, 7) is 6.22. The van der Waals surface area contributed by atoms with Crippen LogP contribution in [0.1, 0.15) is 65.4 Å². The van der Waals surface area contributed by atoms with Gasteiger partial charge in [0.2, 0.25) is 41.4 Å². The average Bonchev–Trinajstić information content (AvgIpc) is 3.50. The standard InChI is InChI=1S/C31H48N7O12P/c1-16(2)14-23(36-29(44)22(34-18(4)40)15-19-7-9-20(10-8-19)50-51(47,48)49)31(46)38-13-5-6-24(38)30(45)35-21(11-12-25(32)41)28(43)37-26(17(3)39)27(33)42/h7-10,16-17,21-24,26,39H,5-6,11-15H2,1-4H3,(H2,32,41)(H2,33,42)(H,34,40)(H,35,45)(H,36,44)(H,37,43)(H2,47,48,49)/t17-,21+,22+,23+,24-,26+/m1/s1. The molecule has 0 saturated carbocycles. The minimum Gasteiger partial charge on any atom is -0.404 e. The van der Waals surface area contributed by atoms with Crippen LogP contribution in [0.15, 0.2) is 24.3 Å². The van der Waals surface area contributed by atoms with Crippen molar-refractivity contribution in [3.8, 4) is 5.75 Å². The molecule has 2 rings (SSSR count). The highest BCUT2D eigenvalue weighted by Gasteiger charge is 2.40. The van der Waals surface area contributed by atoms with E-state index < -0.39 is 85.5 Å². The molecule has 51 heavy (non-hydrogen) atoms. The minimum atomic E-state index is -4.79. The third kappa shape index (κ3) is 14.3. The number of nitrogens with one attached hydrogen (secondary N) is 4. The highest BCUT2D eigenvalue weighted by molar-refractivity contribution is 7.46. The summed E-state index contributed by atoms with van der Waals surface area (Å²) in [4.78, 5) is 109. The van der Waals surface area contributed by atoms with Crippen LogP contribution in [0.2, 0.25) is 0 Å². The molecule has 0 radical (unpaired) electrons. The number of benzene rings is 1. The summed E-state index contributed by atoms with van der Waals surface area (Å²) >= 11 is 0. The van der Waals surface area contributed by atoms with Crippen molar-refractivity contribution in [1.82, 2.24) is 26.2 Å². The lowest BCUT2D eigenvalue weighted by atomic mass is 10.00. The second-order valence-corrected chi connectivity index (χ2v) is 13.9. The number of primary amides is 2. The van der Waals surface area contributed by atoms with Crippen LogP contribution in [0.5, 0.6) is 5.75 Å². The lowest BCUT2D eigenvalue weighted by Gasteiger charge is -2.31. The molecule has 0 spiro atoms. The number of rotatable bonds is 19. The Morgan fingerprint density at radius 1 is 0.922 bits per heavy atom. The summed E-state index contributed by atoms with van der Waals surface area (Å²) in [5.41, 5.74) is 11.0. The lowest BCUT2D eigenvalue weighted by Crippen LogP contribution is -2.59. The SMILES string of the molecule is CC(=O)N[C@@H](Cc1ccc(OP(=O)(O)O)cc1)C(=O)N[C@@H](CC(C)C)C(=O)N1CCC[C@@H]1C(=O)N[C@@H](CCC(N)=O)C(=O)N[C@H](C(N)=O)[C@@H](C)O.